The number of nitrogens with one attached hydrogen (secondary N) is 2. The van der Waals surface area contributed by atoms with Crippen LogP contribution in [0.25, 0.3) is 0 Å². The lowest BCUT2D eigenvalue weighted by atomic mass is 10.2. The van der Waals surface area contributed by atoms with Gasteiger partial charge in [-0.25, -0.2) is 0 Å². The second-order valence-electron chi connectivity index (χ2n) is 6.81. The number of ether oxygens (including phenoxy) is 1. The van der Waals surface area contributed by atoms with Crippen molar-refractivity contribution in [3.8, 4) is 5.75 Å². The number of hydrogen-bond acceptors (Lipinski definition) is 5. The molecular weight excluding hydrogens is 360 g/mol. The quantitative estimate of drug-likeness (QED) is 0.647. The van der Waals surface area contributed by atoms with E-state index < -0.39 is 0 Å². The molecule has 0 saturated carbocycles. The minimum absolute atomic E-state index is 0.0682. The summed E-state index contributed by atoms with van der Waals surface area (Å²) >= 11 is 6.09. The van der Waals surface area contributed by atoms with Gasteiger partial charge in [-0.15, -0.1) is 0 Å². The molecule has 1 unspecified atom stereocenters. The summed E-state index contributed by atoms with van der Waals surface area (Å²) in [6.07, 6.45) is 2.19. The molecule has 3 rings (SSSR count). The first-order valence-corrected chi connectivity index (χ1v) is 9.94. The second kappa shape index (κ2) is 8.61. The van der Waals surface area contributed by atoms with Crippen molar-refractivity contribution in [3.63, 3.8) is 0 Å². The summed E-state index contributed by atoms with van der Waals surface area (Å²) in [4.78, 5) is 4.67. The molecule has 0 aliphatic carbocycles. The van der Waals surface area contributed by atoms with Gasteiger partial charge < -0.3 is 25.2 Å². The van der Waals surface area contributed by atoms with E-state index in [4.69, 9.17) is 16.3 Å². The molecule has 27 heavy (non-hydrogen) atoms. The fourth-order valence-electron chi connectivity index (χ4n) is 3.56. The van der Waals surface area contributed by atoms with Gasteiger partial charge >= 0.3 is 0 Å². The fourth-order valence-corrected chi connectivity index (χ4v) is 3.73. The minimum atomic E-state index is -0.0682. The average Bonchev–Trinajstić information content (AvgIpc) is 2.99. The van der Waals surface area contributed by atoms with Crippen LogP contribution in [0.2, 0.25) is 5.02 Å². The van der Waals surface area contributed by atoms with Gasteiger partial charge in [-0.1, -0.05) is 31.5 Å². The van der Waals surface area contributed by atoms with E-state index >= 15 is 0 Å². The molecule has 0 amide bonds. The molecule has 1 aliphatic heterocycles. The smallest absolute Gasteiger partial charge is 0.176 e. The van der Waals surface area contributed by atoms with Crippen LogP contribution in [0.15, 0.2) is 36.4 Å². The molecule has 146 valence electrons. The van der Waals surface area contributed by atoms with Crippen molar-refractivity contribution in [2.24, 2.45) is 0 Å². The average molecular weight is 389 g/mol. The highest BCUT2D eigenvalue weighted by Crippen LogP contribution is 2.42. The topological polar surface area (TPSA) is 39.8 Å². The number of halogens is 1. The van der Waals surface area contributed by atoms with Crippen molar-refractivity contribution in [2.45, 2.75) is 33.0 Å². The molecular formula is C21H29ClN4O. The summed E-state index contributed by atoms with van der Waals surface area (Å²) in [6, 6.07) is 12.1. The zero-order valence-corrected chi connectivity index (χ0v) is 17.3. The molecule has 0 saturated heterocycles. The van der Waals surface area contributed by atoms with Crippen molar-refractivity contribution in [1.29, 1.82) is 0 Å². The Morgan fingerprint density at radius 2 is 1.93 bits per heavy atom. The molecule has 0 bridgehead atoms. The molecule has 1 aliphatic rings. The Bertz CT molecular complexity index is 777. The Morgan fingerprint density at radius 3 is 2.59 bits per heavy atom. The molecule has 0 fully saturated rings. The molecule has 0 spiro atoms. The number of hydrogen-bond donors (Lipinski definition) is 2. The summed E-state index contributed by atoms with van der Waals surface area (Å²) in [7, 11) is 3.75. The van der Waals surface area contributed by atoms with Crippen LogP contribution < -0.4 is 25.2 Å². The van der Waals surface area contributed by atoms with Crippen LogP contribution in [0.1, 0.15) is 26.7 Å². The van der Waals surface area contributed by atoms with E-state index in [1.54, 1.807) is 7.11 Å². The van der Waals surface area contributed by atoms with Gasteiger partial charge in [-0.05, 0) is 37.1 Å². The van der Waals surface area contributed by atoms with Gasteiger partial charge in [0.05, 0.1) is 29.9 Å². The molecule has 5 nitrogen and oxygen atoms in total. The largest absolute Gasteiger partial charge is 0.495 e. The van der Waals surface area contributed by atoms with E-state index in [9.17, 15) is 0 Å². The lowest BCUT2D eigenvalue weighted by Gasteiger charge is -2.26. The maximum absolute atomic E-state index is 6.09. The van der Waals surface area contributed by atoms with E-state index in [0.29, 0.717) is 5.02 Å². The van der Waals surface area contributed by atoms with Crippen LogP contribution in [0.5, 0.6) is 5.75 Å². The van der Waals surface area contributed by atoms with Crippen LogP contribution in [-0.4, -0.2) is 33.5 Å². The van der Waals surface area contributed by atoms with Gasteiger partial charge in [0, 0.05) is 31.2 Å². The fraction of sp³-hybridized carbons (Fsp3) is 0.429. The van der Waals surface area contributed by atoms with Crippen molar-refractivity contribution in [1.82, 2.24) is 0 Å². The maximum Gasteiger partial charge on any atom is 0.176 e. The lowest BCUT2D eigenvalue weighted by Crippen LogP contribution is -2.39. The van der Waals surface area contributed by atoms with Crippen LogP contribution in [0.4, 0.5) is 22.7 Å². The van der Waals surface area contributed by atoms with Crippen LogP contribution in [0.3, 0.4) is 0 Å². The zero-order valence-electron chi connectivity index (χ0n) is 16.6. The molecule has 1 heterocycles. The monoisotopic (exact) mass is 388 g/mol. The van der Waals surface area contributed by atoms with Crippen LogP contribution in [-0.2, 0) is 0 Å². The van der Waals surface area contributed by atoms with Crippen molar-refractivity contribution >= 4 is 34.4 Å². The van der Waals surface area contributed by atoms with Gasteiger partial charge in [-0.2, -0.15) is 0 Å². The van der Waals surface area contributed by atoms with Gasteiger partial charge in [0.25, 0.3) is 0 Å². The predicted octanol–water partition coefficient (Wildman–Crippen LogP) is 5.23. The lowest BCUT2D eigenvalue weighted by molar-refractivity contribution is 0.416. The van der Waals surface area contributed by atoms with E-state index in [1.807, 2.05) is 18.2 Å². The van der Waals surface area contributed by atoms with Gasteiger partial charge in [0.2, 0.25) is 0 Å². The van der Waals surface area contributed by atoms with Crippen molar-refractivity contribution in [2.75, 3.05) is 47.7 Å². The Morgan fingerprint density at radius 1 is 1.19 bits per heavy atom. The standard InChI is InChI=1S/C21H29ClN4O/c1-5-12-26(13-6-2)18-9-7-8-17-20(18)24-21(25(17)3)23-16-11-10-15(22)14-19(16)27-4/h7-11,14,21,23-24H,5-6,12-13H2,1-4H3. The first-order chi connectivity index (χ1) is 13.1. The summed E-state index contributed by atoms with van der Waals surface area (Å²) in [5.41, 5.74) is 4.53. The van der Waals surface area contributed by atoms with Crippen molar-refractivity contribution < 1.29 is 4.74 Å². The number of para-hydroxylation sites is 1. The zero-order chi connectivity index (χ0) is 19.4. The number of nitrogens with zero attached hydrogens (tertiary/aromatic N) is 2. The first kappa shape index (κ1) is 19.5. The number of benzene rings is 2. The van der Waals surface area contributed by atoms with Crippen molar-refractivity contribution in [3.05, 3.63) is 41.4 Å². The highest BCUT2D eigenvalue weighted by Gasteiger charge is 2.29. The molecule has 0 radical (unpaired) electrons. The molecule has 6 heteroatoms. The third-order valence-electron chi connectivity index (χ3n) is 4.85. The number of fused-ring (bicyclic) bond motifs is 1. The summed E-state index contributed by atoms with van der Waals surface area (Å²) < 4.78 is 5.47. The molecule has 2 aromatic rings. The minimum Gasteiger partial charge on any atom is -0.495 e. The normalized spacial score (nSPS) is 15.3. The third kappa shape index (κ3) is 4.03. The summed E-state index contributed by atoms with van der Waals surface area (Å²) in [5, 5.41) is 7.83. The number of anilines is 4. The van der Waals surface area contributed by atoms with E-state index in [1.165, 1.54) is 17.1 Å². The Labute approximate surface area is 167 Å². The molecule has 0 aromatic heterocycles. The van der Waals surface area contributed by atoms with Crippen LogP contribution in [0, 0.1) is 0 Å². The SMILES string of the molecule is CCCN(CCC)c1cccc2c1NC(Nc1ccc(Cl)cc1OC)N2C. The Hall–Kier alpha value is -2.27. The highest BCUT2D eigenvalue weighted by atomic mass is 35.5. The van der Waals surface area contributed by atoms with Gasteiger partial charge in [-0.3, -0.25) is 0 Å². The highest BCUT2D eigenvalue weighted by molar-refractivity contribution is 6.30. The maximum atomic E-state index is 6.09. The number of rotatable bonds is 8. The molecule has 1 atom stereocenters. The number of methoxy groups -OCH3 is 1. The van der Waals surface area contributed by atoms with E-state index in [-0.39, 0.29) is 6.29 Å². The molecule has 2 aromatic carbocycles. The summed E-state index contributed by atoms with van der Waals surface area (Å²) in [6.45, 7) is 6.56. The Kier molecular flexibility index (Phi) is 6.22. The first-order valence-electron chi connectivity index (χ1n) is 9.56. The third-order valence-corrected chi connectivity index (χ3v) is 5.09. The van der Waals surface area contributed by atoms with Crippen LogP contribution >= 0.6 is 11.6 Å². The van der Waals surface area contributed by atoms with Gasteiger partial charge in [0.1, 0.15) is 5.75 Å². The van der Waals surface area contributed by atoms with Gasteiger partial charge in [0.15, 0.2) is 6.29 Å². The second-order valence-corrected chi connectivity index (χ2v) is 7.24. The van der Waals surface area contributed by atoms with E-state index in [2.05, 4.69) is 59.5 Å². The summed E-state index contributed by atoms with van der Waals surface area (Å²) in [5.74, 6) is 0.729. The molecule has 2 N–H and O–H groups in total. The van der Waals surface area contributed by atoms with E-state index in [0.717, 1.165) is 37.4 Å². The Balaban J connectivity index is 1.87. The predicted molar refractivity (Wildman–Crippen MR) is 117 cm³/mol.